The third kappa shape index (κ3) is 4.87. The Balaban J connectivity index is 1.58. The molecule has 1 aromatic rings. The van der Waals surface area contributed by atoms with E-state index in [1.807, 2.05) is 0 Å². The minimum Gasteiger partial charge on any atom is -0.378 e. The summed E-state index contributed by atoms with van der Waals surface area (Å²) in [6, 6.07) is 2.24. The van der Waals surface area contributed by atoms with Crippen molar-refractivity contribution < 1.29 is 9.53 Å². The molecule has 1 amide bonds. The average molecular weight is 381 g/mol. The van der Waals surface area contributed by atoms with Gasteiger partial charge in [-0.25, -0.2) is 4.98 Å². The number of pyridine rings is 1. The van der Waals surface area contributed by atoms with Gasteiger partial charge in [0.2, 0.25) is 0 Å². The molecular formula is C19H29ClN4O2. The molecule has 2 aliphatic heterocycles. The first kappa shape index (κ1) is 19.4. The van der Waals surface area contributed by atoms with Crippen molar-refractivity contribution in [3.05, 3.63) is 22.8 Å². The monoisotopic (exact) mass is 380 g/mol. The third-order valence-electron chi connectivity index (χ3n) is 4.99. The molecule has 26 heavy (non-hydrogen) atoms. The van der Waals surface area contributed by atoms with Crippen LogP contribution in [0, 0.1) is 5.92 Å². The van der Waals surface area contributed by atoms with E-state index in [9.17, 15) is 4.79 Å². The first-order valence-electron chi connectivity index (χ1n) is 9.55. The van der Waals surface area contributed by atoms with Gasteiger partial charge in [0.25, 0.3) is 5.91 Å². The number of nitrogens with zero attached hydrogens (tertiary/aromatic N) is 3. The molecule has 7 heteroatoms. The number of carbonyl (C=O) groups excluding carboxylic acids is 1. The summed E-state index contributed by atoms with van der Waals surface area (Å²) in [6.45, 7) is 10.0. The lowest BCUT2D eigenvalue weighted by Crippen LogP contribution is -2.40. The van der Waals surface area contributed by atoms with Gasteiger partial charge in [-0.2, -0.15) is 0 Å². The van der Waals surface area contributed by atoms with Gasteiger partial charge < -0.3 is 15.0 Å². The summed E-state index contributed by atoms with van der Waals surface area (Å²) in [5, 5.41) is 3.87. The van der Waals surface area contributed by atoms with Crippen molar-refractivity contribution in [2.24, 2.45) is 5.92 Å². The summed E-state index contributed by atoms with van der Waals surface area (Å²) in [5.41, 5.74) is 0.532. The molecule has 1 aromatic heterocycles. The highest BCUT2D eigenvalue weighted by molar-refractivity contribution is 6.33. The van der Waals surface area contributed by atoms with Gasteiger partial charge in [0.1, 0.15) is 5.82 Å². The zero-order valence-corrected chi connectivity index (χ0v) is 16.5. The standard InChI is InChI=1S/C19H29ClN4O2/c1-14(2)13-24-5-3-4-16(24)12-22-18-17(20)10-15(11-21-18)19(25)23-6-8-26-9-7-23/h10-11,14,16H,3-9,12-13H2,1-2H3,(H,21,22)/t16-/m1/s1. The fourth-order valence-electron chi connectivity index (χ4n) is 3.68. The molecule has 2 fully saturated rings. The summed E-state index contributed by atoms with van der Waals surface area (Å²) in [6.07, 6.45) is 4.06. The van der Waals surface area contributed by atoms with Crippen molar-refractivity contribution in [3.63, 3.8) is 0 Å². The zero-order chi connectivity index (χ0) is 18.5. The molecular weight excluding hydrogens is 352 g/mol. The number of amides is 1. The van der Waals surface area contributed by atoms with E-state index in [2.05, 4.69) is 29.0 Å². The van der Waals surface area contributed by atoms with Crippen molar-refractivity contribution in [1.82, 2.24) is 14.8 Å². The lowest BCUT2D eigenvalue weighted by atomic mass is 10.1. The Labute approximate surface area is 160 Å². The number of morpholine rings is 1. The van der Waals surface area contributed by atoms with Crippen LogP contribution in [0.25, 0.3) is 0 Å². The zero-order valence-electron chi connectivity index (χ0n) is 15.7. The minimum atomic E-state index is -0.0341. The highest BCUT2D eigenvalue weighted by atomic mass is 35.5. The largest absolute Gasteiger partial charge is 0.378 e. The number of anilines is 1. The molecule has 144 valence electrons. The summed E-state index contributed by atoms with van der Waals surface area (Å²) in [4.78, 5) is 21.2. The van der Waals surface area contributed by atoms with E-state index in [1.54, 1.807) is 17.2 Å². The third-order valence-corrected chi connectivity index (χ3v) is 5.28. The summed E-state index contributed by atoms with van der Waals surface area (Å²) >= 11 is 6.38. The molecule has 1 N–H and O–H groups in total. The Morgan fingerprint density at radius 2 is 2.15 bits per heavy atom. The van der Waals surface area contributed by atoms with E-state index in [-0.39, 0.29) is 5.91 Å². The average Bonchev–Trinajstić information content (AvgIpc) is 3.07. The number of rotatable bonds is 6. The maximum Gasteiger partial charge on any atom is 0.255 e. The van der Waals surface area contributed by atoms with Crippen molar-refractivity contribution in [3.8, 4) is 0 Å². The molecule has 2 aliphatic rings. The number of aromatic nitrogens is 1. The van der Waals surface area contributed by atoms with E-state index in [4.69, 9.17) is 16.3 Å². The predicted octanol–water partition coefficient (Wildman–Crippen LogP) is 2.74. The number of ether oxygens (including phenoxy) is 1. The van der Waals surface area contributed by atoms with Crippen LogP contribution in [-0.2, 0) is 4.74 Å². The fourth-order valence-corrected chi connectivity index (χ4v) is 3.92. The van der Waals surface area contributed by atoms with E-state index < -0.39 is 0 Å². The van der Waals surface area contributed by atoms with Crippen LogP contribution >= 0.6 is 11.6 Å². The van der Waals surface area contributed by atoms with Crippen molar-refractivity contribution in [2.45, 2.75) is 32.7 Å². The molecule has 2 saturated heterocycles. The highest BCUT2D eigenvalue weighted by Gasteiger charge is 2.25. The van der Waals surface area contributed by atoms with Crippen LogP contribution < -0.4 is 5.32 Å². The first-order chi connectivity index (χ1) is 12.5. The minimum absolute atomic E-state index is 0.0341. The predicted molar refractivity (Wildman–Crippen MR) is 104 cm³/mol. The molecule has 3 heterocycles. The number of carbonyl (C=O) groups is 1. The Morgan fingerprint density at radius 3 is 2.85 bits per heavy atom. The maximum absolute atomic E-state index is 12.5. The van der Waals surface area contributed by atoms with E-state index in [0.717, 1.165) is 13.1 Å². The van der Waals surface area contributed by atoms with Gasteiger partial charge in [-0.15, -0.1) is 0 Å². The van der Waals surface area contributed by atoms with Crippen molar-refractivity contribution >= 4 is 23.3 Å². The lowest BCUT2D eigenvalue weighted by Gasteiger charge is -2.27. The van der Waals surface area contributed by atoms with Crippen LogP contribution in [0.5, 0.6) is 0 Å². The van der Waals surface area contributed by atoms with Gasteiger partial charge in [0.15, 0.2) is 0 Å². The van der Waals surface area contributed by atoms with Crippen molar-refractivity contribution in [2.75, 3.05) is 51.3 Å². The Kier molecular flexibility index (Phi) is 6.73. The summed E-state index contributed by atoms with van der Waals surface area (Å²) in [5.74, 6) is 1.29. The Hall–Kier alpha value is -1.37. The first-order valence-corrected chi connectivity index (χ1v) is 9.93. The van der Waals surface area contributed by atoms with Gasteiger partial charge in [-0.3, -0.25) is 9.69 Å². The van der Waals surface area contributed by atoms with Gasteiger partial charge in [0.05, 0.1) is 23.8 Å². The SMILES string of the molecule is CC(C)CN1CCC[C@@H]1CNc1ncc(C(=O)N2CCOCC2)cc1Cl. The Bertz CT molecular complexity index is 620. The fraction of sp³-hybridized carbons (Fsp3) is 0.684. The second kappa shape index (κ2) is 9.02. The van der Waals surface area contributed by atoms with Crippen LogP contribution in [0.2, 0.25) is 5.02 Å². The van der Waals surface area contributed by atoms with E-state index in [1.165, 1.54) is 19.4 Å². The molecule has 3 rings (SSSR count). The number of halogens is 1. The van der Waals surface area contributed by atoms with Crippen LogP contribution in [-0.4, -0.2) is 72.7 Å². The van der Waals surface area contributed by atoms with E-state index >= 15 is 0 Å². The molecule has 0 unspecified atom stereocenters. The molecule has 1 atom stereocenters. The van der Waals surface area contributed by atoms with Gasteiger partial charge in [-0.05, 0) is 31.4 Å². The molecule has 0 aromatic carbocycles. The van der Waals surface area contributed by atoms with Crippen LogP contribution in [0.1, 0.15) is 37.0 Å². The Morgan fingerprint density at radius 1 is 1.38 bits per heavy atom. The van der Waals surface area contributed by atoms with Crippen molar-refractivity contribution in [1.29, 1.82) is 0 Å². The van der Waals surface area contributed by atoms with Gasteiger partial charge in [0, 0.05) is 38.4 Å². The van der Waals surface area contributed by atoms with Crippen LogP contribution in [0.15, 0.2) is 12.3 Å². The number of hydrogen-bond donors (Lipinski definition) is 1. The van der Waals surface area contributed by atoms with Gasteiger partial charge in [-0.1, -0.05) is 25.4 Å². The maximum atomic E-state index is 12.5. The normalized spacial score (nSPS) is 21.4. The lowest BCUT2D eigenvalue weighted by molar-refractivity contribution is 0.0302. The summed E-state index contributed by atoms with van der Waals surface area (Å²) in [7, 11) is 0. The molecule has 0 spiro atoms. The summed E-state index contributed by atoms with van der Waals surface area (Å²) < 4.78 is 5.29. The second-order valence-electron chi connectivity index (χ2n) is 7.52. The molecule has 0 radical (unpaired) electrons. The molecule has 6 nitrogen and oxygen atoms in total. The van der Waals surface area contributed by atoms with Crippen LogP contribution in [0.4, 0.5) is 5.82 Å². The highest BCUT2D eigenvalue weighted by Crippen LogP contribution is 2.23. The number of nitrogens with one attached hydrogen (secondary N) is 1. The smallest absolute Gasteiger partial charge is 0.255 e. The molecule has 0 saturated carbocycles. The topological polar surface area (TPSA) is 57.7 Å². The quantitative estimate of drug-likeness (QED) is 0.822. The molecule has 0 aliphatic carbocycles. The number of hydrogen-bond acceptors (Lipinski definition) is 5. The number of likely N-dealkylation sites (tertiary alicyclic amines) is 1. The van der Waals surface area contributed by atoms with Gasteiger partial charge >= 0.3 is 0 Å². The second-order valence-corrected chi connectivity index (χ2v) is 7.93. The van der Waals surface area contributed by atoms with Crippen LogP contribution in [0.3, 0.4) is 0 Å². The molecule has 0 bridgehead atoms. The van der Waals surface area contributed by atoms with E-state index in [0.29, 0.717) is 54.7 Å².